The van der Waals surface area contributed by atoms with Gasteiger partial charge < -0.3 is 4.90 Å². The molecule has 0 saturated carbocycles. The quantitative estimate of drug-likeness (QED) is 0.866. The summed E-state index contributed by atoms with van der Waals surface area (Å²) in [6.07, 6.45) is 0.962. The van der Waals surface area contributed by atoms with Crippen LogP contribution in [0.1, 0.15) is 5.69 Å². The van der Waals surface area contributed by atoms with Crippen LogP contribution in [0.3, 0.4) is 0 Å². The Bertz CT molecular complexity index is 462. The predicted octanol–water partition coefficient (Wildman–Crippen LogP) is 2.32. The van der Waals surface area contributed by atoms with Crippen molar-refractivity contribution in [2.75, 3.05) is 20.6 Å². The van der Waals surface area contributed by atoms with Crippen molar-refractivity contribution in [3.05, 3.63) is 28.9 Å². The van der Waals surface area contributed by atoms with Gasteiger partial charge in [0, 0.05) is 29.1 Å². The molecule has 1 N–H and O–H groups in total. The number of nitrogens with zero attached hydrogens (tertiary/aromatic N) is 2. The van der Waals surface area contributed by atoms with Crippen LogP contribution in [0.15, 0.2) is 18.2 Å². The van der Waals surface area contributed by atoms with Gasteiger partial charge in [0.2, 0.25) is 0 Å². The molecule has 1 heterocycles. The number of hydrogen-bond donors (Lipinski definition) is 1. The van der Waals surface area contributed by atoms with Crippen LogP contribution < -0.4 is 0 Å². The standard InChI is InChI=1S/C11H14ClN3/c1-15(2)6-5-11-9-7-8(12)3-4-10(9)13-14-11/h3-4,7H,5-6H2,1-2H3,(H,13,14). The van der Waals surface area contributed by atoms with Gasteiger partial charge in [-0.25, -0.2) is 0 Å². The second kappa shape index (κ2) is 4.21. The fourth-order valence-electron chi connectivity index (χ4n) is 1.56. The summed E-state index contributed by atoms with van der Waals surface area (Å²) >= 11 is 5.96. The van der Waals surface area contributed by atoms with Gasteiger partial charge in [0.05, 0.1) is 5.52 Å². The molecule has 4 heteroatoms. The topological polar surface area (TPSA) is 31.9 Å². The summed E-state index contributed by atoms with van der Waals surface area (Å²) in [5.41, 5.74) is 2.13. The molecular formula is C11H14ClN3. The molecule has 0 aliphatic heterocycles. The van der Waals surface area contributed by atoms with Crippen LogP contribution >= 0.6 is 11.6 Å². The normalized spacial score (nSPS) is 11.5. The Morgan fingerprint density at radius 3 is 2.93 bits per heavy atom. The highest BCUT2D eigenvalue weighted by atomic mass is 35.5. The maximum atomic E-state index is 5.96. The van der Waals surface area contributed by atoms with Crippen LogP contribution in [0.5, 0.6) is 0 Å². The van der Waals surface area contributed by atoms with Crippen LogP contribution in [0, 0.1) is 0 Å². The van der Waals surface area contributed by atoms with Crippen LogP contribution in [0.4, 0.5) is 0 Å². The Hall–Kier alpha value is -1.06. The van der Waals surface area contributed by atoms with E-state index in [1.807, 2.05) is 18.2 Å². The molecule has 0 fully saturated rings. The largest absolute Gasteiger partial charge is 0.309 e. The lowest BCUT2D eigenvalue weighted by molar-refractivity contribution is 0.412. The average molecular weight is 224 g/mol. The van der Waals surface area contributed by atoms with Crippen molar-refractivity contribution in [1.82, 2.24) is 15.1 Å². The van der Waals surface area contributed by atoms with Crippen LogP contribution in [0.25, 0.3) is 10.9 Å². The smallest absolute Gasteiger partial charge is 0.0924 e. The molecule has 0 aliphatic rings. The van der Waals surface area contributed by atoms with Crippen LogP contribution in [-0.2, 0) is 6.42 Å². The Kier molecular flexibility index (Phi) is 2.93. The molecule has 0 unspecified atom stereocenters. The van der Waals surface area contributed by atoms with E-state index in [-0.39, 0.29) is 0 Å². The van der Waals surface area contributed by atoms with Gasteiger partial charge in [-0.05, 0) is 32.3 Å². The zero-order valence-electron chi connectivity index (χ0n) is 8.92. The first-order valence-electron chi connectivity index (χ1n) is 4.94. The Morgan fingerprint density at radius 2 is 2.20 bits per heavy atom. The fourth-order valence-corrected chi connectivity index (χ4v) is 1.73. The summed E-state index contributed by atoms with van der Waals surface area (Å²) in [6, 6.07) is 5.76. The van der Waals surface area contributed by atoms with E-state index in [1.165, 1.54) is 0 Å². The maximum Gasteiger partial charge on any atom is 0.0924 e. The number of benzene rings is 1. The van der Waals surface area contributed by atoms with Crippen molar-refractivity contribution >= 4 is 22.5 Å². The molecular weight excluding hydrogens is 210 g/mol. The lowest BCUT2D eigenvalue weighted by Gasteiger charge is -2.07. The number of H-pyrrole nitrogens is 1. The second-order valence-corrected chi connectivity index (χ2v) is 4.35. The minimum Gasteiger partial charge on any atom is -0.309 e. The summed E-state index contributed by atoms with van der Waals surface area (Å²) in [7, 11) is 4.12. The van der Waals surface area contributed by atoms with Crippen molar-refractivity contribution in [2.45, 2.75) is 6.42 Å². The van der Waals surface area contributed by atoms with Crippen LogP contribution in [-0.4, -0.2) is 35.7 Å². The molecule has 1 aromatic heterocycles. The number of nitrogens with one attached hydrogen (secondary N) is 1. The molecule has 1 aromatic carbocycles. The molecule has 3 nitrogen and oxygen atoms in total. The molecule has 0 amide bonds. The monoisotopic (exact) mass is 223 g/mol. The van der Waals surface area contributed by atoms with Gasteiger partial charge in [0.1, 0.15) is 0 Å². The van der Waals surface area contributed by atoms with Crippen molar-refractivity contribution in [1.29, 1.82) is 0 Å². The third-order valence-corrected chi connectivity index (χ3v) is 2.64. The molecule has 2 aromatic rings. The summed E-state index contributed by atoms with van der Waals surface area (Å²) in [4.78, 5) is 2.15. The highest BCUT2D eigenvalue weighted by Gasteiger charge is 2.05. The molecule has 15 heavy (non-hydrogen) atoms. The number of aromatic amines is 1. The third-order valence-electron chi connectivity index (χ3n) is 2.40. The first kappa shape index (κ1) is 10.5. The van der Waals surface area contributed by atoms with E-state index in [0.717, 1.165) is 34.6 Å². The van der Waals surface area contributed by atoms with E-state index in [4.69, 9.17) is 11.6 Å². The van der Waals surface area contributed by atoms with E-state index in [1.54, 1.807) is 0 Å². The number of aromatic nitrogens is 2. The van der Waals surface area contributed by atoms with Gasteiger partial charge in [0.15, 0.2) is 0 Å². The van der Waals surface area contributed by atoms with Gasteiger partial charge in [-0.1, -0.05) is 11.6 Å². The Labute approximate surface area is 94.0 Å². The summed E-state index contributed by atoms with van der Waals surface area (Å²) in [5, 5.41) is 9.18. The van der Waals surface area contributed by atoms with Gasteiger partial charge >= 0.3 is 0 Å². The molecule has 0 saturated heterocycles. The lowest BCUT2D eigenvalue weighted by Crippen LogP contribution is -2.15. The molecule has 0 atom stereocenters. The molecule has 0 spiro atoms. The first-order valence-corrected chi connectivity index (χ1v) is 5.32. The first-order chi connectivity index (χ1) is 7.16. The van der Waals surface area contributed by atoms with E-state index >= 15 is 0 Å². The number of hydrogen-bond acceptors (Lipinski definition) is 2. The number of fused-ring (bicyclic) bond motifs is 1. The van der Waals surface area contributed by atoms with Crippen LogP contribution in [0.2, 0.25) is 5.02 Å². The number of halogens is 1. The van der Waals surface area contributed by atoms with Gasteiger partial charge in [-0.2, -0.15) is 5.10 Å². The van der Waals surface area contributed by atoms with E-state index in [9.17, 15) is 0 Å². The number of likely N-dealkylation sites (N-methyl/N-ethyl adjacent to an activating group) is 1. The minimum absolute atomic E-state index is 0.759. The van der Waals surface area contributed by atoms with Gasteiger partial charge in [-0.3, -0.25) is 5.10 Å². The Balaban J connectivity index is 2.31. The third kappa shape index (κ3) is 2.30. The average Bonchev–Trinajstić information content (AvgIpc) is 2.57. The molecule has 80 valence electrons. The van der Waals surface area contributed by atoms with E-state index < -0.39 is 0 Å². The fraction of sp³-hybridized carbons (Fsp3) is 0.364. The summed E-state index contributed by atoms with van der Waals surface area (Å²) in [6.45, 7) is 1.00. The van der Waals surface area contributed by atoms with Gasteiger partial charge in [-0.15, -0.1) is 0 Å². The van der Waals surface area contributed by atoms with Crippen molar-refractivity contribution in [3.8, 4) is 0 Å². The highest BCUT2D eigenvalue weighted by molar-refractivity contribution is 6.31. The summed E-state index contributed by atoms with van der Waals surface area (Å²) < 4.78 is 0. The summed E-state index contributed by atoms with van der Waals surface area (Å²) in [5.74, 6) is 0. The maximum absolute atomic E-state index is 5.96. The molecule has 0 bridgehead atoms. The SMILES string of the molecule is CN(C)CCc1[nH]nc2ccc(Cl)cc12. The van der Waals surface area contributed by atoms with Crippen molar-refractivity contribution in [2.24, 2.45) is 0 Å². The van der Waals surface area contributed by atoms with Crippen molar-refractivity contribution < 1.29 is 0 Å². The number of rotatable bonds is 3. The highest BCUT2D eigenvalue weighted by Crippen LogP contribution is 2.20. The van der Waals surface area contributed by atoms with Crippen molar-refractivity contribution in [3.63, 3.8) is 0 Å². The zero-order chi connectivity index (χ0) is 10.8. The lowest BCUT2D eigenvalue weighted by atomic mass is 10.1. The van der Waals surface area contributed by atoms with E-state index in [0.29, 0.717) is 0 Å². The zero-order valence-corrected chi connectivity index (χ0v) is 9.67. The molecule has 0 radical (unpaired) electrons. The predicted molar refractivity (Wildman–Crippen MR) is 63.4 cm³/mol. The minimum atomic E-state index is 0.759. The van der Waals surface area contributed by atoms with Gasteiger partial charge in [0.25, 0.3) is 0 Å². The second-order valence-electron chi connectivity index (χ2n) is 3.92. The molecule has 2 rings (SSSR count). The Morgan fingerprint density at radius 1 is 1.40 bits per heavy atom. The molecule has 0 aliphatic carbocycles. The van der Waals surface area contributed by atoms with E-state index in [2.05, 4.69) is 29.2 Å².